The number of aliphatic hydroxyl groups is 1. The monoisotopic (exact) mass is 365 g/mol. The van der Waals surface area contributed by atoms with E-state index in [2.05, 4.69) is 27.6 Å². The third-order valence-electron chi connectivity index (χ3n) is 3.82. The molecule has 0 spiro atoms. The highest BCUT2D eigenvalue weighted by Crippen LogP contribution is 2.29. The minimum Gasteiger partial charge on any atom is -0.450 e. The lowest BCUT2D eigenvalue weighted by Gasteiger charge is -2.22. The predicted octanol–water partition coefficient (Wildman–Crippen LogP) is 2.78. The fraction of sp³-hybridized carbons (Fsp3) is 0.692. The summed E-state index contributed by atoms with van der Waals surface area (Å²) in [6.07, 6.45) is 5.27. The summed E-state index contributed by atoms with van der Waals surface area (Å²) in [5.41, 5.74) is 0. The first-order valence-corrected chi connectivity index (χ1v) is 9.13. The van der Waals surface area contributed by atoms with Crippen LogP contribution in [-0.4, -0.2) is 19.6 Å². The SMILES string of the molecule is CC1CCCCCC1NS(=O)(=O)c1cc(CO)oc1Br. The van der Waals surface area contributed by atoms with E-state index in [-0.39, 0.29) is 28.0 Å². The van der Waals surface area contributed by atoms with Crippen LogP contribution in [0.5, 0.6) is 0 Å². The molecule has 0 aliphatic heterocycles. The van der Waals surface area contributed by atoms with Gasteiger partial charge in [-0.3, -0.25) is 0 Å². The van der Waals surface area contributed by atoms with Gasteiger partial charge in [-0.15, -0.1) is 0 Å². The van der Waals surface area contributed by atoms with Gasteiger partial charge in [-0.2, -0.15) is 0 Å². The van der Waals surface area contributed by atoms with Crippen LogP contribution in [0.3, 0.4) is 0 Å². The molecule has 2 N–H and O–H groups in total. The summed E-state index contributed by atoms with van der Waals surface area (Å²) >= 11 is 3.09. The number of rotatable bonds is 4. The normalized spacial score (nSPS) is 24.6. The molecule has 0 aromatic carbocycles. The van der Waals surface area contributed by atoms with E-state index in [0.717, 1.165) is 32.1 Å². The second-order valence-corrected chi connectivity index (χ2v) is 7.75. The van der Waals surface area contributed by atoms with Crippen LogP contribution in [0.15, 0.2) is 20.0 Å². The van der Waals surface area contributed by atoms with Gasteiger partial charge in [0.1, 0.15) is 17.3 Å². The molecule has 114 valence electrons. The Labute approximate surface area is 127 Å². The highest BCUT2D eigenvalue weighted by molar-refractivity contribution is 9.10. The van der Waals surface area contributed by atoms with Crippen LogP contribution in [-0.2, 0) is 16.6 Å². The minimum atomic E-state index is -3.63. The molecule has 1 aromatic heterocycles. The van der Waals surface area contributed by atoms with Crippen molar-refractivity contribution in [3.63, 3.8) is 0 Å². The summed E-state index contributed by atoms with van der Waals surface area (Å²) in [6.45, 7) is 1.76. The molecule has 7 heteroatoms. The molecular formula is C13H20BrNO4S. The average Bonchev–Trinajstić information content (AvgIpc) is 2.68. The number of halogens is 1. The fourth-order valence-corrected chi connectivity index (χ4v) is 4.97. The van der Waals surface area contributed by atoms with Gasteiger partial charge in [0, 0.05) is 12.1 Å². The van der Waals surface area contributed by atoms with Crippen molar-refractivity contribution in [2.24, 2.45) is 5.92 Å². The van der Waals surface area contributed by atoms with Crippen LogP contribution in [0.1, 0.15) is 44.8 Å². The summed E-state index contributed by atoms with van der Waals surface area (Å²) in [7, 11) is -3.63. The maximum absolute atomic E-state index is 12.4. The Morgan fingerprint density at radius 1 is 1.40 bits per heavy atom. The van der Waals surface area contributed by atoms with Gasteiger partial charge in [0.2, 0.25) is 10.0 Å². The van der Waals surface area contributed by atoms with Gasteiger partial charge >= 0.3 is 0 Å². The van der Waals surface area contributed by atoms with Gasteiger partial charge in [-0.25, -0.2) is 13.1 Å². The summed E-state index contributed by atoms with van der Waals surface area (Å²) < 4.78 is 32.9. The summed E-state index contributed by atoms with van der Waals surface area (Å²) in [4.78, 5) is 0.0537. The number of hydrogen-bond acceptors (Lipinski definition) is 4. The summed E-state index contributed by atoms with van der Waals surface area (Å²) in [5, 5.41) is 9.01. The first-order valence-electron chi connectivity index (χ1n) is 6.85. The third-order valence-corrected chi connectivity index (χ3v) is 6.17. The van der Waals surface area contributed by atoms with Crippen molar-refractivity contribution in [1.82, 2.24) is 4.72 Å². The van der Waals surface area contributed by atoms with E-state index in [4.69, 9.17) is 9.52 Å². The molecule has 0 radical (unpaired) electrons. The van der Waals surface area contributed by atoms with Gasteiger partial charge in [0.05, 0.1) is 0 Å². The molecule has 1 aliphatic carbocycles. The molecule has 2 rings (SSSR count). The second kappa shape index (κ2) is 6.60. The smallest absolute Gasteiger partial charge is 0.245 e. The maximum atomic E-state index is 12.4. The van der Waals surface area contributed by atoms with Crippen LogP contribution in [0.4, 0.5) is 0 Å². The zero-order valence-corrected chi connectivity index (χ0v) is 13.8. The molecule has 0 bridgehead atoms. The van der Waals surface area contributed by atoms with Crippen LogP contribution < -0.4 is 4.72 Å². The van der Waals surface area contributed by atoms with E-state index in [1.807, 2.05) is 0 Å². The molecule has 2 atom stereocenters. The zero-order valence-electron chi connectivity index (χ0n) is 11.4. The van der Waals surface area contributed by atoms with Gasteiger partial charge in [0.15, 0.2) is 4.67 Å². The topological polar surface area (TPSA) is 79.5 Å². The van der Waals surface area contributed by atoms with E-state index in [1.165, 1.54) is 6.07 Å². The Balaban J connectivity index is 2.19. The van der Waals surface area contributed by atoms with Crippen molar-refractivity contribution < 1.29 is 17.9 Å². The molecule has 1 aromatic rings. The molecule has 1 saturated carbocycles. The van der Waals surface area contributed by atoms with Crippen LogP contribution >= 0.6 is 15.9 Å². The van der Waals surface area contributed by atoms with E-state index in [0.29, 0.717) is 5.92 Å². The standard InChI is InChI=1S/C13H20BrNO4S/c1-9-5-3-2-4-6-11(9)15-20(17,18)12-7-10(8-16)19-13(12)14/h7,9,11,15-16H,2-6,8H2,1H3. The number of aliphatic hydroxyl groups excluding tert-OH is 1. The Hall–Kier alpha value is -0.370. The van der Waals surface area contributed by atoms with E-state index < -0.39 is 10.0 Å². The molecule has 2 unspecified atom stereocenters. The number of hydrogen-bond donors (Lipinski definition) is 2. The number of sulfonamides is 1. The first-order chi connectivity index (χ1) is 9.44. The van der Waals surface area contributed by atoms with Crippen LogP contribution in [0, 0.1) is 5.92 Å². The Morgan fingerprint density at radius 2 is 2.10 bits per heavy atom. The largest absolute Gasteiger partial charge is 0.450 e. The van der Waals surface area contributed by atoms with E-state index in [1.54, 1.807) is 0 Å². The van der Waals surface area contributed by atoms with Crippen molar-refractivity contribution in [3.8, 4) is 0 Å². The minimum absolute atomic E-state index is 0.0399. The molecule has 20 heavy (non-hydrogen) atoms. The van der Waals surface area contributed by atoms with Gasteiger partial charge < -0.3 is 9.52 Å². The van der Waals surface area contributed by atoms with Crippen molar-refractivity contribution in [2.45, 2.75) is 56.6 Å². The molecule has 1 aliphatic rings. The fourth-order valence-electron chi connectivity index (χ4n) is 2.59. The summed E-state index contributed by atoms with van der Waals surface area (Å²) in [5.74, 6) is 0.557. The molecule has 1 heterocycles. The Morgan fingerprint density at radius 3 is 2.75 bits per heavy atom. The predicted molar refractivity (Wildman–Crippen MR) is 78.7 cm³/mol. The molecule has 0 amide bonds. The summed E-state index contributed by atoms with van der Waals surface area (Å²) in [6, 6.07) is 1.32. The zero-order chi connectivity index (χ0) is 14.8. The van der Waals surface area contributed by atoms with E-state index in [9.17, 15) is 8.42 Å². The lowest BCUT2D eigenvalue weighted by atomic mass is 9.98. The lowest BCUT2D eigenvalue weighted by Crippen LogP contribution is -2.38. The number of nitrogens with one attached hydrogen (secondary N) is 1. The van der Waals surface area contributed by atoms with Gasteiger partial charge in [0.25, 0.3) is 0 Å². The molecule has 0 saturated heterocycles. The Kier molecular flexibility index (Phi) is 5.28. The van der Waals surface area contributed by atoms with Crippen LogP contribution in [0.25, 0.3) is 0 Å². The van der Waals surface area contributed by atoms with Crippen molar-refractivity contribution in [1.29, 1.82) is 0 Å². The molecular weight excluding hydrogens is 346 g/mol. The lowest BCUT2D eigenvalue weighted by molar-refractivity contribution is 0.245. The van der Waals surface area contributed by atoms with Crippen LogP contribution in [0.2, 0.25) is 0 Å². The van der Waals surface area contributed by atoms with E-state index >= 15 is 0 Å². The highest BCUT2D eigenvalue weighted by atomic mass is 79.9. The maximum Gasteiger partial charge on any atom is 0.245 e. The van der Waals surface area contributed by atoms with Crippen molar-refractivity contribution in [2.75, 3.05) is 0 Å². The quantitative estimate of drug-likeness (QED) is 0.803. The average molecular weight is 366 g/mol. The third kappa shape index (κ3) is 3.63. The molecule has 1 fully saturated rings. The van der Waals surface area contributed by atoms with Gasteiger partial charge in [-0.05, 0) is 34.7 Å². The number of furan rings is 1. The van der Waals surface area contributed by atoms with Crippen molar-refractivity contribution >= 4 is 26.0 Å². The first kappa shape index (κ1) is 16.0. The Bertz CT molecular complexity index is 555. The molecule has 5 nitrogen and oxygen atoms in total. The van der Waals surface area contributed by atoms with Gasteiger partial charge in [-0.1, -0.05) is 26.2 Å². The van der Waals surface area contributed by atoms with Crippen molar-refractivity contribution in [3.05, 3.63) is 16.5 Å². The highest BCUT2D eigenvalue weighted by Gasteiger charge is 2.28. The second-order valence-electron chi connectivity index (χ2n) is 5.35.